The molecule has 0 saturated heterocycles. The van der Waals surface area contributed by atoms with Crippen molar-refractivity contribution in [3.63, 3.8) is 0 Å². The first-order valence-corrected chi connectivity index (χ1v) is 4.55. The van der Waals surface area contributed by atoms with Crippen molar-refractivity contribution in [3.8, 4) is 0 Å². The van der Waals surface area contributed by atoms with Gasteiger partial charge in [-0.15, -0.1) is 10.2 Å². The summed E-state index contributed by atoms with van der Waals surface area (Å²) in [7, 11) is 0. The molecule has 0 saturated carbocycles. The molecule has 0 atom stereocenters. The second-order valence-corrected chi connectivity index (χ2v) is 3.26. The van der Waals surface area contributed by atoms with Crippen LogP contribution < -0.4 is 11.3 Å². The molecule has 68 valence electrons. The first-order valence-electron chi connectivity index (χ1n) is 3.73. The summed E-state index contributed by atoms with van der Waals surface area (Å²) in [5.41, 5.74) is 2.43. The van der Waals surface area contributed by atoms with E-state index >= 15 is 0 Å². The number of anilines is 1. The highest BCUT2D eigenvalue weighted by atomic mass is 32.1. The van der Waals surface area contributed by atoms with Crippen molar-refractivity contribution in [1.29, 1.82) is 0 Å². The lowest BCUT2D eigenvalue weighted by Crippen LogP contribution is -2.05. The molecule has 0 aliphatic carbocycles. The lowest BCUT2D eigenvalue weighted by molar-refractivity contribution is 0.121. The van der Waals surface area contributed by atoms with E-state index in [2.05, 4.69) is 22.5 Å². The Morgan fingerprint density at radius 1 is 1.58 bits per heavy atom. The summed E-state index contributed by atoms with van der Waals surface area (Å²) in [6.45, 7) is 3.34. The van der Waals surface area contributed by atoms with Gasteiger partial charge in [0.15, 0.2) is 0 Å². The Labute approximate surface area is 74.9 Å². The van der Waals surface area contributed by atoms with Crippen LogP contribution in [0, 0.1) is 0 Å². The van der Waals surface area contributed by atoms with Crippen LogP contribution in [-0.4, -0.2) is 16.8 Å². The van der Waals surface area contributed by atoms with E-state index in [0.717, 1.165) is 18.0 Å². The van der Waals surface area contributed by atoms with Gasteiger partial charge in [-0.3, -0.25) is 5.43 Å². The fourth-order valence-corrected chi connectivity index (χ4v) is 1.26. The lowest BCUT2D eigenvalue weighted by atomic mass is 10.5. The number of rotatable bonds is 5. The molecule has 3 N–H and O–H groups in total. The summed E-state index contributed by atoms with van der Waals surface area (Å²) < 4.78 is 5.27. The average molecular weight is 188 g/mol. The molecule has 6 heteroatoms. The number of hydrogen-bond acceptors (Lipinski definition) is 6. The van der Waals surface area contributed by atoms with E-state index in [1.165, 1.54) is 11.3 Å². The van der Waals surface area contributed by atoms with Crippen LogP contribution in [0.4, 0.5) is 5.13 Å². The molecule has 0 aromatic carbocycles. The van der Waals surface area contributed by atoms with Gasteiger partial charge in [0.25, 0.3) is 0 Å². The number of ether oxygens (including phenoxy) is 1. The first-order chi connectivity index (χ1) is 5.86. The molecule has 1 aromatic heterocycles. The molecular formula is C6H12N4OS. The number of nitrogens with two attached hydrogens (primary N) is 1. The van der Waals surface area contributed by atoms with Gasteiger partial charge in [-0.1, -0.05) is 18.3 Å². The molecule has 0 amide bonds. The normalized spacial score (nSPS) is 10.2. The number of nitrogen functional groups attached to an aromatic ring is 1. The van der Waals surface area contributed by atoms with Crippen LogP contribution in [0.15, 0.2) is 0 Å². The molecule has 1 aromatic rings. The predicted molar refractivity (Wildman–Crippen MR) is 47.7 cm³/mol. The molecular weight excluding hydrogens is 176 g/mol. The number of nitrogens with zero attached hydrogens (tertiary/aromatic N) is 2. The molecule has 0 spiro atoms. The second kappa shape index (κ2) is 5.02. The van der Waals surface area contributed by atoms with Crippen LogP contribution in [0.2, 0.25) is 0 Å². The van der Waals surface area contributed by atoms with Crippen molar-refractivity contribution in [2.45, 2.75) is 20.0 Å². The van der Waals surface area contributed by atoms with E-state index in [1.807, 2.05) is 0 Å². The van der Waals surface area contributed by atoms with Crippen molar-refractivity contribution in [2.75, 3.05) is 12.0 Å². The summed E-state index contributed by atoms with van der Waals surface area (Å²) in [6.07, 6.45) is 1.01. The van der Waals surface area contributed by atoms with E-state index in [4.69, 9.17) is 10.6 Å². The molecule has 0 aliphatic heterocycles. The minimum atomic E-state index is 0.521. The maximum Gasteiger partial charge on any atom is 0.219 e. The molecule has 0 aliphatic rings. The van der Waals surface area contributed by atoms with Gasteiger partial charge in [0.05, 0.1) is 0 Å². The maximum atomic E-state index is 5.27. The Balaban J connectivity index is 2.31. The lowest BCUT2D eigenvalue weighted by Gasteiger charge is -1.95. The fourth-order valence-electron chi connectivity index (χ4n) is 0.674. The van der Waals surface area contributed by atoms with Gasteiger partial charge in [0.1, 0.15) is 11.6 Å². The van der Waals surface area contributed by atoms with E-state index in [1.54, 1.807) is 0 Å². The van der Waals surface area contributed by atoms with Crippen LogP contribution >= 0.6 is 11.3 Å². The minimum absolute atomic E-state index is 0.521. The third kappa shape index (κ3) is 2.72. The quantitative estimate of drug-likeness (QED) is 0.405. The highest BCUT2D eigenvalue weighted by molar-refractivity contribution is 7.15. The van der Waals surface area contributed by atoms with Gasteiger partial charge in [-0.05, 0) is 6.42 Å². The van der Waals surface area contributed by atoms with Crippen molar-refractivity contribution in [3.05, 3.63) is 5.01 Å². The molecule has 1 rings (SSSR count). The van der Waals surface area contributed by atoms with Gasteiger partial charge in [0.2, 0.25) is 5.13 Å². The zero-order valence-corrected chi connectivity index (χ0v) is 7.73. The fraction of sp³-hybridized carbons (Fsp3) is 0.667. The summed E-state index contributed by atoms with van der Waals surface area (Å²) in [4.78, 5) is 0. The monoisotopic (exact) mass is 188 g/mol. The van der Waals surface area contributed by atoms with E-state index in [-0.39, 0.29) is 0 Å². The van der Waals surface area contributed by atoms with Gasteiger partial charge in [-0.25, -0.2) is 5.84 Å². The second-order valence-electron chi connectivity index (χ2n) is 2.20. The standard InChI is InChI=1S/C6H12N4OS/c1-2-3-11-4-5-9-10-6(8-7)12-5/h2-4,7H2,1H3,(H,8,10). The van der Waals surface area contributed by atoms with Gasteiger partial charge >= 0.3 is 0 Å². The van der Waals surface area contributed by atoms with Crippen LogP contribution in [0.5, 0.6) is 0 Å². The number of nitrogens with one attached hydrogen (secondary N) is 1. The number of aromatic nitrogens is 2. The van der Waals surface area contributed by atoms with Gasteiger partial charge in [0, 0.05) is 6.61 Å². The van der Waals surface area contributed by atoms with Crippen molar-refractivity contribution >= 4 is 16.5 Å². The Morgan fingerprint density at radius 2 is 2.42 bits per heavy atom. The topological polar surface area (TPSA) is 73.1 Å². The van der Waals surface area contributed by atoms with Gasteiger partial charge in [-0.2, -0.15) is 0 Å². The summed E-state index contributed by atoms with van der Waals surface area (Å²) in [6, 6.07) is 0. The number of hydrazine groups is 1. The Bertz CT molecular complexity index is 227. The molecule has 0 radical (unpaired) electrons. The van der Waals surface area contributed by atoms with Gasteiger partial charge < -0.3 is 4.74 Å². The zero-order valence-electron chi connectivity index (χ0n) is 6.91. The van der Waals surface area contributed by atoms with Crippen molar-refractivity contribution < 1.29 is 4.74 Å². The summed E-state index contributed by atoms with van der Waals surface area (Å²) >= 11 is 1.40. The average Bonchev–Trinajstić information content (AvgIpc) is 2.53. The van der Waals surface area contributed by atoms with Crippen LogP contribution in [0.25, 0.3) is 0 Å². The van der Waals surface area contributed by atoms with E-state index < -0.39 is 0 Å². The van der Waals surface area contributed by atoms with E-state index in [0.29, 0.717) is 11.7 Å². The van der Waals surface area contributed by atoms with E-state index in [9.17, 15) is 0 Å². The highest BCUT2D eigenvalue weighted by Crippen LogP contribution is 2.14. The molecule has 0 fully saturated rings. The molecule has 1 heterocycles. The summed E-state index contributed by atoms with van der Waals surface area (Å²) in [5.74, 6) is 5.14. The molecule has 0 unspecified atom stereocenters. The van der Waals surface area contributed by atoms with Crippen LogP contribution in [0.1, 0.15) is 18.4 Å². The number of hydrogen-bond donors (Lipinski definition) is 2. The maximum absolute atomic E-state index is 5.27. The Hall–Kier alpha value is -0.720. The molecule has 5 nitrogen and oxygen atoms in total. The smallest absolute Gasteiger partial charge is 0.219 e. The van der Waals surface area contributed by atoms with Crippen LogP contribution in [0.3, 0.4) is 0 Å². The Kier molecular flexibility index (Phi) is 3.92. The summed E-state index contributed by atoms with van der Waals surface area (Å²) in [5, 5.41) is 9.09. The van der Waals surface area contributed by atoms with Crippen molar-refractivity contribution in [1.82, 2.24) is 10.2 Å². The van der Waals surface area contributed by atoms with Crippen LogP contribution in [-0.2, 0) is 11.3 Å². The SMILES string of the molecule is CCCOCc1nnc(NN)s1. The third-order valence-corrected chi connectivity index (χ3v) is 1.99. The first kappa shape index (κ1) is 9.37. The zero-order chi connectivity index (χ0) is 8.81. The Morgan fingerprint density at radius 3 is 3.00 bits per heavy atom. The minimum Gasteiger partial charge on any atom is -0.374 e. The third-order valence-electron chi connectivity index (χ3n) is 1.16. The molecule has 0 bridgehead atoms. The largest absolute Gasteiger partial charge is 0.374 e. The predicted octanol–water partition coefficient (Wildman–Crippen LogP) is 0.750. The van der Waals surface area contributed by atoms with Crippen molar-refractivity contribution in [2.24, 2.45) is 5.84 Å². The molecule has 12 heavy (non-hydrogen) atoms. The highest BCUT2D eigenvalue weighted by Gasteiger charge is 2.01.